The number of halogens is 5. The summed E-state index contributed by atoms with van der Waals surface area (Å²) in [6.07, 6.45) is -4.74. The van der Waals surface area contributed by atoms with Crippen LogP contribution in [0, 0.1) is 0 Å². The molecule has 0 unspecified atom stereocenters. The Balaban J connectivity index is 3.49. The van der Waals surface area contributed by atoms with Crippen molar-refractivity contribution in [3.63, 3.8) is 0 Å². The quantitative estimate of drug-likeness (QED) is 0.652. The molecule has 0 N–H and O–H groups in total. The average Bonchev–Trinajstić information content (AvgIpc) is 2.06. The third kappa shape index (κ3) is 2.35. The largest absolute Gasteiger partial charge is 0.433 e. The second kappa shape index (κ2) is 3.22. The molecular formula is C6H2BrClF3N. The Morgan fingerprint density at radius 2 is 2.08 bits per heavy atom. The lowest BCUT2D eigenvalue weighted by Gasteiger charge is -2.05. The van der Waals surface area contributed by atoms with Crippen LogP contribution in [-0.4, -0.2) is 4.98 Å². The molecule has 1 heterocycles. The van der Waals surface area contributed by atoms with E-state index in [1.54, 1.807) is 0 Å². The lowest BCUT2D eigenvalue weighted by Crippen LogP contribution is -2.07. The molecule has 0 aliphatic heterocycles. The fourth-order valence-corrected chi connectivity index (χ4v) is 1.18. The number of alkyl halides is 3. The smallest absolute Gasteiger partial charge is 0.236 e. The zero-order valence-corrected chi connectivity index (χ0v) is 7.68. The lowest BCUT2D eigenvalue weighted by atomic mass is 10.3. The molecule has 0 fully saturated rings. The van der Waals surface area contributed by atoms with Crippen LogP contribution in [0.2, 0.25) is 5.02 Å². The molecule has 0 spiro atoms. The normalized spacial score (nSPS) is 14.1. The fraction of sp³-hybridized carbons (Fsp3) is 0.167. The van der Waals surface area contributed by atoms with Gasteiger partial charge in [-0.1, -0.05) is 11.6 Å². The van der Waals surface area contributed by atoms with Crippen molar-refractivity contribution >= 4 is 27.5 Å². The molecule has 6 heteroatoms. The van der Waals surface area contributed by atoms with Crippen molar-refractivity contribution in [3.05, 3.63) is 27.4 Å². The average molecular weight is 262 g/mol. The van der Waals surface area contributed by atoms with Crippen LogP contribution in [0.4, 0.5) is 13.2 Å². The summed E-state index contributed by atoms with van der Waals surface area (Å²) in [5.41, 5.74) is -1.40. The summed E-state index contributed by atoms with van der Waals surface area (Å²) in [4.78, 5) is 3.04. The second-order valence-electron chi connectivity index (χ2n) is 1.81. The van der Waals surface area contributed by atoms with Crippen molar-refractivity contribution in [2.75, 3.05) is 0 Å². The van der Waals surface area contributed by atoms with Gasteiger partial charge in [0.05, 0.1) is 2.74 Å². The van der Waals surface area contributed by atoms with Gasteiger partial charge in [0, 0.05) is 5.02 Å². The van der Waals surface area contributed by atoms with Crippen molar-refractivity contribution in [2.24, 2.45) is 0 Å². The minimum absolute atomic E-state index is 0.328. The molecule has 0 atom stereocenters. The number of hydrogen-bond acceptors (Lipinski definition) is 1. The van der Waals surface area contributed by atoms with Crippen LogP contribution < -0.4 is 0 Å². The first-order valence-corrected chi connectivity index (χ1v) is 3.81. The van der Waals surface area contributed by atoms with Crippen LogP contribution in [0.25, 0.3) is 0 Å². The molecule has 0 radical (unpaired) electrons. The van der Waals surface area contributed by atoms with Gasteiger partial charge in [-0.25, -0.2) is 4.98 Å². The summed E-state index contributed by atoms with van der Waals surface area (Å²) < 4.78 is 50.5. The van der Waals surface area contributed by atoms with E-state index in [0.29, 0.717) is 0 Å². The third-order valence-electron chi connectivity index (χ3n) is 0.920. The zero-order valence-electron chi connectivity index (χ0n) is 7.34. The Bertz CT molecular complexity index is 382. The molecule has 0 saturated heterocycles. The predicted octanol–water partition coefficient (Wildman–Crippen LogP) is 3.52. The molecule has 0 aliphatic carbocycles. The van der Waals surface area contributed by atoms with E-state index >= 15 is 0 Å². The second-order valence-corrected chi connectivity index (χ2v) is 2.94. The van der Waals surface area contributed by atoms with Crippen molar-refractivity contribution < 1.29 is 15.9 Å². The van der Waals surface area contributed by atoms with E-state index in [4.69, 9.17) is 14.3 Å². The molecule has 1 aromatic heterocycles. The summed E-state index contributed by atoms with van der Waals surface area (Å²) in [6.45, 7) is 0. The first-order valence-electron chi connectivity index (χ1n) is 3.64. The lowest BCUT2D eigenvalue weighted by molar-refractivity contribution is -0.141. The Morgan fingerprint density at radius 1 is 1.50 bits per heavy atom. The molecule has 0 amide bonds. The summed E-state index contributed by atoms with van der Waals surface area (Å²) in [7, 11) is 0. The van der Waals surface area contributed by atoms with E-state index in [9.17, 15) is 13.2 Å². The van der Waals surface area contributed by atoms with Gasteiger partial charge in [-0.2, -0.15) is 13.2 Å². The number of nitrogens with zero attached hydrogens (tertiary/aromatic N) is 1. The minimum Gasteiger partial charge on any atom is -0.236 e. The molecule has 0 aliphatic rings. The fourth-order valence-electron chi connectivity index (χ4n) is 0.514. The predicted molar refractivity (Wildman–Crippen MR) is 41.9 cm³/mol. The van der Waals surface area contributed by atoms with Crippen LogP contribution in [-0.2, 0) is 6.18 Å². The topological polar surface area (TPSA) is 12.9 Å². The van der Waals surface area contributed by atoms with E-state index < -0.39 is 29.0 Å². The summed E-state index contributed by atoms with van der Waals surface area (Å²) >= 11 is 8.01. The Kier molecular flexibility index (Phi) is 1.92. The molecule has 0 bridgehead atoms. The molecule has 0 saturated carbocycles. The Labute approximate surface area is 82.5 Å². The van der Waals surface area contributed by atoms with Crippen LogP contribution in [0.1, 0.15) is 8.44 Å². The van der Waals surface area contributed by atoms with Gasteiger partial charge >= 0.3 is 6.18 Å². The minimum atomic E-state index is -4.74. The van der Waals surface area contributed by atoms with Crippen LogP contribution in [0.15, 0.2) is 16.7 Å². The highest BCUT2D eigenvalue weighted by atomic mass is 79.9. The highest BCUT2D eigenvalue weighted by Crippen LogP contribution is 2.30. The Morgan fingerprint density at radius 3 is 2.58 bits per heavy atom. The molecule has 1 nitrogen and oxygen atoms in total. The van der Waals surface area contributed by atoms with Gasteiger partial charge in [-0.15, -0.1) is 0 Å². The number of hydrogen-bond donors (Lipinski definition) is 0. The van der Waals surface area contributed by atoms with Gasteiger partial charge in [-0.3, -0.25) is 0 Å². The standard InChI is InChI=1S/C6H2BrClF3N/c7-5-2-3(8)1-4(12-5)6(9,10)11/h1-2H/i1D,2D. The maximum absolute atomic E-state index is 12.2. The molecule has 66 valence electrons. The van der Waals surface area contributed by atoms with Gasteiger partial charge in [-0.05, 0) is 28.0 Å². The van der Waals surface area contributed by atoms with Gasteiger partial charge in [0.15, 0.2) is 0 Å². The third-order valence-corrected chi connectivity index (χ3v) is 1.48. The highest BCUT2D eigenvalue weighted by molar-refractivity contribution is 9.10. The van der Waals surface area contributed by atoms with Crippen molar-refractivity contribution in [1.82, 2.24) is 4.98 Å². The summed E-state index contributed by atoms with van der Waals surface area (Å²) in [5, 5.41) is -0.570. The number of aromatic nitrogens is 1. The highest BCUT2D eigenvalue weighted by Gasteiger charge is 2.32. The van der Waals surface area contributed by atoms with E-state index in [1.807, 2.05) is 0 Å². The van der Waals surface area contributed by atoms with Crippen LogP contribution in [0.5, 0.6) is 0 Å². The monoisotopic (exact) mass is 261 g/mol. The molecule has 1 aromatic rings. The van der Waals surface area contributed by atoms with Gasteiger partial charge in [0.1, 0.15) is 10.3 Å². The number of rotatable bonds is 0. The summed E-state index contributed by atoms with van der Waals surface area (Å²) in [6, 6.07) is -1.41. The maximum Gasteiger partial charge on any atom is 0.433 e. The maximum atomic E-state index is 12.2. The molecule has 1 rings (SSSR count). The van der Waals surface area contributed by atoms with E-state index in [2.05, 4.69) is 20.9 Å². The van der Waals surface area contributed by atoms with Crippen LogP contribution >= 0.6 is 27.5 Å². The molecular weight excluding hydrogens is 258 g/mol. The number of pyridine rings is 1. The zero-order chi connectivity index (χ0) is 11.1. The Hall–Kier alpha value is -0.290. The van der Waals surface area contributed by atoms with E-state index in [0.717, 1.165) is 0 Å². The van der Waals surface area contributed by atoms with E-state index in [-0.39, 0.29) is 4.60 Å². The van der Waals surface area contributed by atoms with Gasteiger partial charge < -0.3 is 0 Å². The van der Waals surface area contributed by atoms with Crippen molar-refractivity contribution in [2.45, 2.75) is 6.18 Å². The first kappa shape index (κ1) is 7.15. The van der Waals surface area contributed by atoms with Crippen molar-refractivity contribution in [1.29, 1.82) is 0 Å². The SMILES string of the molecule is [2H]c1c(Br)nc(C(F)(F)F)c([2H])c1Cl. The summed E-state index contributed by atoms with van der Waals surface area (Å²) in [5.74, 6) is 0. The van der Waals surface area contributed by atoms with Gasteiger partial charge in [0.25, 0.3) is 0 Å². The van der Waals surface area contributed by atoms with E-state index in [1.165, 1.54) is 0 Å². The van der Waals surface area contributed by atoms with Gasteiger partial charge in [0.2, 0.25) is 0 Å². The van der Waals surface area contributed by atoms with Crippen molar-refractivity contribution in [3.8, 4) is 0 Å². The first-order chi connectivity index (χ1) is 6.25. The molecule has 12 heavy (non-hydrogen) atoms. The van der Waals surface area contributed by atoms with Crippen LogP contribution in [0.3, 0.4) is 0 Å². The molecule has 0 aromatic carbocycles.